The summed E-state index contributed by atoms with van der Waals surface area (Å²) in [5.74, 6) is 0. The molecule has 0 N–H and O–H groups in total. The van der Waals surface area contributed by atoms with E-state index in [-0.39, 0.29) is 0 Å². The van der Waals surface area contributed by atoms with E-state index in [2.05, 4.69) is 27.6 Å². The first-order chi connectivity index (χ1) is 8.03. The van der Waals surface area contributed by atoms with Crippen LogP contribution in [0.4, 0.5) is 0 Å². The normalized spacial score (nSPS) is 21.6. The molecule has 4 heteroatoms. The minimum atomic E-state index is -0.493. The fraction of sp³-hybridized carbons (Fsp3) is 0.692. The molecule has 2 heterocycles. The van der Waals surface area contributed by atoms with Crippen LogP contribution in [0.5, 0.6) is 0 Å². The molecular weight excluding hydrogens is 212 g/mol. The van der Waals surface area contributed by atoms with Crippen molar-refractivity contribution >= 4 is 0 Å². The highest BCUT2D eigenvalue weighted by molar-refractivity contribution is 5.20. The van der Waals surface area contributed by atoms with E-state index in [0.29, 0.717) is 6.04 Å². The topological polar surface area (TPSA) is 44.9 Å². The molecule has 0 saturated carbocycles. The zero-order chi connectivity index (χ0) is 12.5. The number of likely N-dealkylation sites (tertiary alicyclic amines) is 1. The Morgan fingerprint density at radius 3 is 2.94 bits per heavy atom. The molecule has 4 nitrogen and oxygen atoms in total. The summed E-state index contributed by atoms with van der Waals surface area (Å²) >= 11 is 0. The molecule has 0 bridgehead atoms. The van der Waals surface area contributed by atoms with Crippen molar-refractivity contribution in [2.45, 2.75) is 44.7 Å². The van der Waals surface area contributed by atoms with Crippen molar-refractivity contribution in [2.24, 2.45) is 0 Å². The lowest BCUT2D eigenvalue weighted by atomic mass is 9.92. The van der Waals surface area contributed by atoms with E-state index in [1.807, 2.05) is 26.4 Å². The van der Waals surface area contributed by atoms with E-state index in [1.54, 1.807) is 0 Å². The van der Waals surface area contributed by atoms with E-state index in [0.717, 1.165) is 12.2 Å². The van der Waals surface area contributed by atoms with Crippen LogP contribution in [0.15, 0.2) is 12.5 Å². The van der Waals surface area contributed by atoms with Gasteiger partial charge in [-0.3, -0.25) is 0 Å². The SMILES string of the molecule is CN1CCC[C@@H]1Cn1cnc(C(C)(C)C#N)c1. The highest BCUT2D eigenvalue weighted by atomic mass is 15.2. The predicted molar refractivity (Wildman–Crippen MR) is 66.5 cm³/mol. The zero-order valence-electron chi connectivity index (χ0n) is 10.8. The molecule has 0 radical (unpaired) electrons. The maximum atomic E-state index is 9.08. The van der Waals surface area contributed by atoms with Gasteiger partial charge in [-0.2, -0.15) is 5.26 Å². The molecule has 1 aliphatic heterocycles. The van der Waals surface area contributed by atoms with Crippen LogP contribution in [-0.2, 0) is 12.0 Å². The van der Waals surface area contributed by atoms with Gasteiger partial charge in [0.15, 0.2) is 0 Å². The maximum absolute atomic E-state index is 9.08. The van der Waals surface area contributed by atoms with Crippen LogP contribution in [0.3, 0.4) is 0 Å². The molecule has 0 spiro atoms. The number of rotatable bonds is 3. The average Bonchev–Trinajstić information content (AvgIpc) is 2.90. The van der Waals surface area contributed by atoms with E-state index in [4.69, 9.17) is 5.26 Å². The molecule has 1 aromatic rings. The molecule has 0 amide bonds. The van der Waals surface area contributed by atoms with Gasteiger partial charge in [-0.25, -0.2) is 4.98 Å². The second kappa shape index (κ2) is 4.50. The fourth-order valence-electron chi connectivity index (χ4n) is 2.29. The Bertz CT molecular complexity index is 427. The van der Waals surface area contributed by atoms with Gasteiger partial charge in [-0.1, -0.05) is 0 Å². The van der Waals surface area contributed by atoms with Crippen LogP contribution < -0.4 is 0 Å². The fourth-order valence-corrected chi connectivity index (χ4v) is 2.29. The molecule has 1 aromatic heterocycles. The summed E-state index contributed by atoms with van der Waals surface area (Å²) in [4.78, 5) is 6.75. The largest absolute Gasteiger partial charge is 0.336 e. The van der Waals surface area contributed by atoms with Crippen molar-refractivity contribution in [2.75, 3.05) is 13.6 Å². The van der Waals surface area contributed by atoms with Crippen molar-refractivity contribution in [3.8, 4) is 6.07 Å². The second-order valence-electron chi connectivity index (χ2n) is 5.47. The van der Waals surface area contributed by atoms with Crippen molar-refractivity contribution in [1.82, 2.24) is 14.5 Å². The van der Waals surface area contributed by atoms with Gasteiger partial charge in [0.2, 0.25) is 0 Å². The third-order valence-corrected chi connectivity index (χ3v) is 3.65. The number of aromatic nitrogens is 2. The van der Waals surface area contributed by atoms with Gasteiger partial charge in [-0.05, 0) is 40.3 Å². The Balaban J connectivity index is 2.07. The van der Waals surface area contributed by atoms with Crippen molar-refractivity contribution in [1.29, 1.82) is 5.26 Å². The van der Waals surface area contributed by atoms with Gasteiger partial charge in [-0.15, -0.1) is 0 Å². The Morgan fingerprint density at radius 2 is 2.35 bits per heavy atom. The molecule has 2 rings (SSSR count). The highest BCUT2D eigenvalue weighted by Crippen LogP contribution is 2.21. The minimum Gasteiger partial charge on any atom is -0.336 e. The number of imidazole rings is 1. The van der Waals surface area contributed by atoms with Gasteiger partial charge < -0.3 is 9.47 Å². The monoisotopic (exact) mass is 232 g/mol. The van der Waals surface area contributed by atoms with Crippen molar-refractivity contribution < 1.29 is 0 Å². The molecule has 92 valence electrons. The van der Waals surface area contributed by atoms with Crippen LogP contribution >= 0.6 is 0 Å². The number of nitrogens with zero attached hydrogens (tertiary/aromatic N) is 4. The third kappa shape index (κ3) is 2.50. The summed E-state index contributed by atoms with van der Waals surface area (Å²) in [6.07, 6.45) is 6.40. The van der Waals surface area contributed by atoms with Crippen molar-refractivity contribution in [3.05, 3.63) is 18.2 Å². The first-order valence-electron chi connectivity index (χ1n) is 6.16. The molecular formula is C13H20N4. The number of likely N-dealkylation sites (N-methyl/N-ethyl adjacent to an activating group) is 1. The van der Waals surface area contributed by atoms with Gasteiger partial charge in [0.05, 0.1) is 23.5 Å². The van der Waals surface area contributed by atoms with Crippen LogP contribution in [0.2, 0.25) is 0 Å². The first kappa shape index (κ1) is 12.1. The van der Waals surface area contributed by atoms with Crippen LogP contribution in [0.25, 0.3) is 0 Å². The van der Waals surface area contributed by atoms with Gasteiger partial charge in [0.25, 0.3) is 0 Å². The zero-order valence-corrected chi connectivity index (χ0v) is 10.8. The van der Waals surface area contributed by atoms with Crippen molar-refractivity contribution in [3.63, 3.8) is 0 Å². The predicted octanol–water partition coefficient (Wildman–Crippen LogP) is 1.78. The lowest BCUT2D eigenvalue weighted by Crippen LogP contribution is -2.28. The molecule has 1 aliphatic rings. The highest BCUT2D eigenvalue weighted by Gasteiger charge is 2.24. The van der Waals surface area contributed by atoms with Crippen LogP contribution in [0, 0.1) is 11.3 Å². The molecule has 0 aromatic carbocycles. The van der Waals surface area contributed by atoms with Crippen LogP contribution in [0.1, 0.15) is 32.4 Å². The number of hydrogen-bond acceptors (Lipinski definition) is 3. The molecule has 17 heavy (non-hydrogen) atoms. The number of nitriles is 1. The molecule has 0 unspecified atom stereocenters. The number of hydrogen-bond donors (Lipinski definition) is 0. The third-order valence-electron chi connectivity index (χ3n) is 3.65. The molecule has 1 saturated heterocycles. The Hall–Kier alpha value is -1.34. The van der Waals surface area contributed by atoms with E-state index in [9.17, 15) is 0 Å². The lowest BCUT2D eigenvalue weighted by molar-refractivity contribution is 0.282. The van der Waals surface area contributed by atoms with Gasteiger partial charge >= 0.3 is 0 Å². The summed E-state index contributed by atoms with van der Waals surface area (Å²) in [5, 5.41) is 9.08. The standard InChI is InChI=1S/C13H20N4/c1-13(2,9-14)12-8-17(10-15-12)7-11-5-4-6-16(11)3/h8,10-11H,4-7H2,1-3H3/t11-/m1/s1. The van der Waals surface area contributed by atoms with Crippen LogP contribution in [-0.4, -0.2) is 34.1 Å². The summed E-state index contributed by atoms with van der Waals surface area (Å²) in [7, 11) is 2.18. The summed E-state index contributed by atoms with van der Waals surface area (Å²) in [5.41, 5.74) is 0.368. The smallest absolute Gasteiger partial charge is 0.0952 e. The van der Waals surface area contributed by atoms with Gasteiger partial charge in [0, 0.05) is 18.8 Å². The Kier molecular flexibility index (Phi) is 3.21. The van der Waals surface area contributed by atoms with Gasteiger partial charge in [0.1, 0.15) is 0 Å². The first-order valence-corrected chi connectivity index (χ1v) is 6.16. The van der Waals surface area contributed by atoms with E-state index in [1.165, 1.54) is 19.4 Å². The van der Waals surface area contributed by atoms with E-state index >= 15 is 0 Å². The Labute approximate surface area is 103 Å². The molecule has 1 atom stereocenters. The summed E-state index contributed by atoms with van der Waals surface area (Å²) in [6, 6.07) is 2.90. The Morgan fingerprint density at radius 1 is 1.59 bits per heavy atom. The molecule has 1 fully saturated rings. The minimum absolute atomic E-state index is 0.493. The second-order valence-corrected chi connectivity index (χ2v) is 5.47. The quantitative estimate of drug-likeness (QED) is 0.798. The summed E-state index contributed by atoms with van der Waals surface area (Å²) in [6.45, 7) is 5.98. The average molecular weight is 232 g/mol. The lowest BCUT2D eigenvalue weighted by Gasteiger charge is -2.19. The molecule has 0 aliphatic carbocycles. The summed E-state index contributed by atoms with van der Waals surface area (Å²) < 4.78 is 2.11. The van der Waals surface area contributed by atoms with E-state index < -0.39 is 5.41 Å². The maximum Gasteiger partial charge on any atom is 0.0952 e.